The first-order valence-corrected chi connectivity index (χ1v) is 10.2. The van der Waals surface area contributed by atoms with Gasteiger partial charge in [-0.3, -0.25) is 4.99 Å². The lowest BCUT2D eigenvalue weighted by Crippen LogP contribution is -2.52. The largest absolute Gasteiger partial charge is 0.439 e. The van der Waals surface area contributed by atoms with Crippen LogP contribution < -0.4 is 15.0 Å². The second-order valence-corrected chi connectivity index (χ2v) is 7.13. The average Bonchev–Trinajstić information content (AvgIpc) is 2.81. The predicted molar refractivity (Wildman–Crippen MR) is 119 cm³/mol. The molecule has 1 fully saturated rings. The van der Waals surface area contributed by atoms with E-state index >= 15 is 0 Å². The molecule has 31 heavy (non-hydrogen) atoms. The van der Waals surface area contributed by atoms with Crippen molar-refractivity contribution in [3.05, 3.63) is 78.4 Å². The number of hydrogen-bond donors (Lipinski definition) is 1. The summed E-state index contributed by atoms with van der Waals surface area (Å²) < 4.78 is 18.9. The highest BCUT2D eigenvalue weighted by Gasteiger charge is 2.20. The van der Waals surface area contributed by atoms with Crippen LogP contribution in [0.25, 0.3) is 0 Å². The fourth-order valence-corrected chi connectivity index (χ4v) is 3.43. The zero-order valence-electron chi connectivity index (χ0n) is 17.4. The van der Waals surface area contributed by atoms with E-state index in [2.05, 4.69) is 30.1 Å². The second kappa shape index (κ2) is 9.88. The predicted octanol–water partition coefficient (Wildman–Crippen LogP) is 3.31. The Kier molecular flexibility index (Phi) is 6.56. The highest BCUT2D eigenvalue weighted by molar-refractivity contribution is 5.80. The van der Waals surface area contributed by atoms with Crippen molar-refractivity contribution in [2.24, 2.45) is 4.99 Å². The van der Waals surface area contributed by atoms with Crippen LogP contribution in [0.2, 0.25) is 0 Å². The number of piperazine rings is 1. The van der Waals surface area contributed by atoms with E-state index in [-0.39, 0.29) is 5.82 Å². The van der Waals surface area contributed by atoms with E-state index in [1.165, 1.54) is 12.1 Å². The molecule has 0 saturated carbocycles. The van der Waals surface area contributed by atoms with Gasteiger partial charge >= 0.3 is 0 Å². The van der Waals surface area contributed by atoms with E-state index in [4.69, 9.17) is 4.74 Å². The van der Waals surface area contributed by atoms with Gasteiger partial charge in [0.1, 0.15) is 17.4 Å². The Morgan fingerprint density at radius 3 is 2.61 bits per heavy atom. The number of rotatable bonds is 5. The highest BCUT2D eigenvalue weighted by atomic mass is 19.1. The van der Waals surface area contributed by atoms with Crippen molar-refractivity contribution in [2.75, 3.05) is 38.1 Å². The summed E-state index contributed by atoms with van der Waals surface area (Å²) in [7, 11) is 1.79. The molecule has 7 nitrogen and oxygen atoms in total. The van der Waals surface area contributed by atoms with Crippen molar-refractivity contribution in [3.63, 3.8) is 0 Å². The van der Waals surface area contributed by atoms with Crippen LogP contribution >= 0.6 is 0 Å². The Balaban J connectivity index is 1.28. The summed E-state index contributed by atoms with van der Waals surface area (Å²) in [6.07, 6.45) is 3.57. The van der Waals surface area contributed by atoms with E-state index in [0.717, 1.165) is 43.5 Å². The molecule has 1 N–H and O–H groups in total. The number of aliphatic imine (C=N–C) groups is 1. The molecule has 1 aliphatic heterocycles. The topological polar surface area (TPSA) is 65.9 Å². The third kappa shape index (κ3) is 5.48. The number of anilines is 1. The number of halogens is 1. The first kappa shape index (κ1) is 20.6. The summed E-state index contributed by atoms with van der Waals surface area (Å²) in [5.74, 6) is 2.37. The number of hydrogen-bond acceptors (Lipinski definition) is 5. The molecule has 0 atom stereocenters. The number of aromatic nitrogens is 2. The van der Waals surface area contributed by atoms with Crippen LogP contribution in [0.1, 0.15) is 5.56 Å². The molecule has 3 heterocycles. The van der Waals surface area contributed by atoms with Gasteiger partial charge in [0.25, 0.3) is 0 Å². The summed E-state index contributed by atoms with van der Waals surface area (Å²) in [6, 6.07) is 15.7. The lowest BCUT2D eigenvalue weighted by Gasteiger charge is -2.37. The molecule has 0 unspecified atom stereocenters. The van der Waals surface area contributed by atoms with Gasteiger partial charge in [0.15, 0.2) is 5.96 Å². The van der Waals surface area contributed by atoms with E-state index in [0.29, 0.717) is 18.2 Å². The monoisotopic (exact) mass is 420 g/mol. The number of guanidine groups is 1. The SMILES string of the molecule is CN=C(NCc1ccc(Oc2cccc(F)c2)nc1)N1CCN(c2ccccn2)CC1. The zero-order chi connectivity index (χ0) is 21.5. The van der Waals surface area contributed by atoms with Crippen LogP contribution in [-0.2, 0) is 6.54 Å². The maximum atomic E-state index is 13.3. The van der Waals surface area contributed by atoms with Crippen LogP contribution in [0.3, 0.4) is 0 Å². The summed E-state index contributed by atoms with van der Waals surface area (Å²) in [5, 5.41) is 3.40. The van der Waals surface area contributed by atoms with Gasteiger partial charge in [-0.2, -0.15) is 0 Å². The molecular weight excluding hydrogens is 395 g/mol. The van der Waals surface area contributed by atoms with E-state index in [9.17, 15) is 4.39 Å². The van der Waals surface area contributed by atoms with Crippen molar-refractivity contribution in [1.29, 1.82) is 0 Å². The Bertz CT molecular complexity index is 1000. The maximum absolute atomic E-state index is 13.3. The minimum absolute atomic E-state index is 0.342. The molecule has 3 aromatic rings. The number of ether oxygens (including phenoxy) is 1. The fourth-order valence-electron chi connectivity index (χ4n) is 3.43. The smallest absolute Gasteiger partial charge is 0.219 e. The molecule has 8 heteroatoms. The molecule has 0 spiro atoms. The van der Waals surface area contributed by atoms with Crippen LogP contribution in [0.4, 0.5) is 10.2 Å². The lowest BCUT2D eigenvalue weighted by atomic mass is 10.3. The van der Waals surface area contributed by atoms with Crippen molar-refractivity contribution >= 4 is 11.8 Å². The molecule has 0 bridgehead atoms. The molecule has 1 aliphatic rings. The molecule has 2 aromatic heterocycles. The van der Waals surface area contributed by atoms with Crippen molar-refractivity contribution in [2.45, 2.75) is 6.54 Å². The van der Waals surface area contributed by atoms with Crippen LogP contribution in [0.5, 0.6) is 11.6 Å². The van der Waals surface area contributed by atoms with Gasteiger partial charge in [0, 0.05) is 64.3 Å². The highest BCUT2D eigenvalue weighted by Crippen LogP contribution is 2.20. The average molecular weight is 420 g/mol. The molecule has 4 rings (SSSR count). The van der Waals surface area contributed by atoms with Gasteiger partial charge in [0.05, 0.1) is 0 Å². The Morgan fingerprint density at radius 1 is 1.06 bits per heavy atom. The van der Waals surface area contributed by atoms with E-state index in [1.54, 1.807) is 31.4 Å². The third-order valence-corrected chi connectivity index (χ3v) is 5.03. The summed E-state index contributed by atoms with van der Waals surface area (Å²) in [4.78, 5) is 17.7. The number of pyridine rings is 2. The van der Waals surface area contributed by atoms with Gasteiger partial charge in [0.2, 0.25) is 5.88 Å². The first-order chi connectivity index (χ1) is 15.2. The first-order valence-electron chi connectivity index (χ1n) is 10.2. The maximum Gasteiger partial charge on any atom is 0.219 e. The fraction of sp³-hybridized carbons (Fsp3) is 0.261. The second-order valence-electron chi connectivity index (χ2n) is 7.13. The van der Waals surface area contributed by atoms with Crippen molar-refractivity contribution in [1.82, 2.24) is 20.2 Å². The number of benzene rings is 1. The Hall–Kier alpha value is -3.68. The summed E-state index contributed by atoms with van der Waals surface area (Å²) in [6.45, 7) is 4.13. The molecule has 1 saturated heterocycles. The summed E-state index contributed by atoms with van der Waals surface area (Å²) >= 11 is 0. The Labute approximate surface area is 181 Å². The number of nitrogens with zero attached hydrogens (tertiary/aromatic N) is 5. The molecule has 0 aliphatic carbocycles. The van der Waals surface area contributed by atoms with E-state index in [1.807, 2.05) is 30.5 Å². The Morgan fingerprint density at radius 2 is 1.94 bits per heavy atom. The van der Waals surface area contributed by atoms with Crippen molar-refractivity contribution < 1.29 is 9.13 Å². The molecule has 0 amide bonds. The van der Waals surface area contributed by atoms with Crippen LogP contribution in [0.15, 0.2) is 72.0 Å². The van der Waals surface area contributed by atoms with Gasteiger partial charge in [-0.25, -0.2) is 14.4 Å². The van der Waals surface area contributed by atoms with Gasteiger partial charge in [-0.1, -0.05) is 18.2 Å². The van der Waals surface area contributed by atoms with E-state index < -0.39 is 0 Å². The van der Waals surface area contributed by atoms with Gasteiger partial charge < -0.3 is 19.9 Å². The molecule has 0 radical (unpaired) electrons. The molecule has 160 valence electrons. The van der Waals surface area contributed by atoms with Crippen LogP contribution in [0, 0.1) is 5.82 Å². The number of nitrogens with one attached hydrogen (secondary N) is 1. The van der Waals surface area contributed by atoms with Gasteiger partial charge in [-0.05, 0) is 29.8 Å². The van der Waals surface area contributed by atoms with Gasteiger partial charge in [-0.15, -0.1) is 0 Å². The normalized spacial score (nSPS) is 14.5. The lowest BCUT2D eigenvalue weighted by molar-refractivity contribution is 0.371. The van der Waals surface area contributed by atoms with Crippen molar-refractivity contribution in [3.8, 4) is 11.6 Å². The molecular formula is C23H25FN6O. The quantitative estimate of drug-likeness (QED) is 0.505. The third-order valence-electron chi connectivity index (χ3n) is 5.03. The zero-order valence-corrected chi connectivity index (χ0v) is 17.4. The van der Waals surface area contributed by atoms with Crippen LogP contribution in [-0.4, -0.2) is 54.1 Å². The minimum atomic E-state index is -0.342. The summed E-state index contributed by atoms with van der Waals surface area (Å²) in [5.41, 5.74) is 1.000. The molecule has 1 aromatic carbocycles. The minimum Gasteiger partial charge on any atom is -0.439 e. The standard InChI is InChI=1S/C23H25FN6O/c1-25-23(30-13-11-29(12-14-30)21-7-2-3-10-26-21)28-17-18-8-9-22(27-16-18)31-20-6-4-5-19(24)15-20/h2-10,15-16H,11-14,17H2,1H3,(H,25,28).